The van der Waals surface area contributed by atoms with Gasteiger partial charge in [0.1, 0.15) is 0 Å². The van der Waals surface area contributed by atoms with Crippen molar-refractivity contribution in [3.63, 3.8) is 0 Å². The first kappa shape index (κ1) is 14.2. The Kier molecular flexibility index (Phi) is 5.12. The molecule has 1 unspecified atom stereocenters. The number of aliphatic hydroxyl groups excluding tert-OH is 1. The molecule has 0 spiro atoms. The zero-order chi connectivity index (χ0) is 13.7. The van der Waals surface area contributed by atoms with E-state index < -0.39 is 0 Å². The van der Waals surface area contributed by atoms with Crippen molar-refractivity contribution in [2.75, 3.05) is 31.9 Å². The Hall–Kier alpha value is -1.18. The van der Waals surface area contributed by atoms with Gasteiger partial charge in [-0.05, 0) is 19.4 Å². The van der Waals surface area contributed by atoms with Crippen LogP contribution in [0.3, 0.4) is 0 Å². The van der Waals surface area contributed by atoms with Crippen LogP contribution in [0.25, 0.3) is 0 Å². The van der Waals surface area contributed by atoms with Crippen LogP contribution in [-0.4, -0.2) is 53.2 Å². The molecular weight excluding hydrogens is 264 g/mol. The lowest BCUT2D eigenvalue weighted by atomic mass is 10.1. The van der Waals surface area contributed by atoms with E-state index in [2.05, 4.69) is 10.3 Å². The number of likely N-dealkylation sites (tertiary alicyclic amines) is 1. The van der Waals surface area contributed by atoms with E-state index in [0.29, 0.717) is 31.2 Å². The number of hydrogen-bond donors (Lipinski definition) is 3. The zero-order valence-corrected chi connectivity index (χ0v) is 11.7. The van der Waals surface area contributed by atoms with E-state index in [1.807, 2.05) is 10.3 Å². The van der Waals surface area contributed by atoms with Gasteiger partial charge in [-0.15, -0.1) is 11.3 Å². The van der Waals surface area contributed by atoms with Crippen LogP contribution in [0, 0.1) is 0 Å². The predicted molar refractivity (Wildman–Crippen MR) is 74.9 cm³/mol. The van der Waals surface area contributed by atoms with Gasteiger partial charge in [-0.3, -0.25) is 9.69 Å². The molecule has 1 aromatic heterocycles. The second-order valence-electron chi connectivity index (χ2n) is 4.81. The number of rotatable bonds is 5. The van der Waals surface area contributed by atoms with Gasteiger partial charge >= 0.3 is 0 Å². The highest BCUT2D eigenvalue weighted by molar-refractivity contribution is 7.13. The van der Waals surface area contributed by atoms with Gasteiger partial charge in [0.25, 0.3) is 0 Å². The minimum atomic E-state index is -0.292. The molecule has 6 nitrogen and oxygen atoms in total. The van der Waals surface area contributed by atoms with E-state index >= 15 is 0 Å². The normalized spacial score (nSPS) is 20.4. The molecule has 1 atom stereocenters. The van der Waals surface area contributed by atoms with Crippen molar-refractivity contribution in [3.05, 3.63) is 11.1 Å². The largest absolute Gasteiger partial charge is 0.392 e. The zero-order valence-electron chi connectivity index (χ0n) is 10.8. The number of nitrogen functional groups attached to an aromatic ring is 1. The van der Waals surface area contributed by atoms with E-state index in [-0.39, 0.29) is 12.0 Å². The topological polar surface area (TPSA) is 91.5 Å². The summed E-state index contributed by atoms with van der Waals surface area (Å²) in [4.78, 5) is 17.9. The van der Waals surface area contributed by atoms with Crippen LogP contribution < -0.4 is 11.1 Å². The molecule has 1 aromatic rings. The first-order chi connectivity index (χ1) is 9.13. The van der Waals surface area contributed by atoms with Gasteiger partial charge in [-0.2, -0.15) is 0 Å². The summed E-state index contributed by atoms with van der Waals surface area (Å²) in [6.45, 7) is 2.40. The Balaban J connectivity index is 1.64. The number of amides is 1. The third-order valence-corrected chi connectivity index (χ3v) is 3.84. The molecule has 1 aliphatic heterocycles. The Morgan fingerprint density at radius 1 is 1.68 bits per heavy atom. The number of anilines is 1. The van der Waals surface area contributed by atoms with Crippen LogP contribution >= 0.6 is 11.3 Å². The molecule has 1 aliphatic rings. The Morgan fingerprint density at radius 2 is 2.53 bits per heavy atom. The average Bonchev–Trinajstić information content (AvgIpc) is 2.75. The molecule has 0 radical (unpaired) electrons. The van der Waals surface area contributed by atoms with Crippen LogP contribution in [0.4, 0.5) is 5.13 Å². The fraction of sp³-hybridized carbons (Fsp3) is 0.667. The second-order valence-corrected chi connectivity index (χ2v) is 5.70. The Bertz CT molecular complexity index is 424. The third-order valence-electron chi connectivity index (χ3n) is 3.12. The summed E-state index contributed by atoms with van der Waals surface area (Å²) in [6, 6.07) is 0. The summed E-state index contributed by atoms with van der Waals surface area (Å²) in [5.41, 5.74) is 6.45. The Morgan fingerprint density at radius 3 is 3.21 bits per heavy atom. The molecule has 19 heavy (non-hydrogen) atoms. The summed E-state index contributed by atoms with van der Waals surface area (Å²) in [7, 11) is 0. The standard InChI is InChI=1S/C12H20N4O2S/c13-12-15-9(8-19-12)3-4-14-11(18)7-16-5-1-2-10(17)6-16/h8,10,17H,1-7H2,(H2,13,15)(H,14,18). The molecule has 106 valence electrons. The lowest BCUT2D eigenvalue weighted by molar-refractivity contribution is -0.122. The van der Waals surface area contributed by atoms with Crippen molar-refractivity contribution in [2.45, 2.75) is 25.4 Å². The number of carbonyl (C=O) groups is 1. The van der Waals surface area contributed by atoms with Crippen LogP contribution in [0.15, 0.2) is 5.38 Å². The molecule has 1 amide bonds. The van der Waals surface area contributed by atoms with Gasteiger partial charge in [0.2, 0.25) is 5.91 Å². The highest BCUT2D eigenvalue weighted by Gasteiger charge is 2.19. The highest BCUT2D eigenvalue weighted by atomic mass is 32.1. The van der Waals surface area contributed by atoms with Crippen molar-refractivity contribution in [1.82, 2.24) is 15.2 Å². The van der Waals surface area contributed by atoms with Crippen molar-refractivity contribution >= 4 is 22.4 Å². The minimum Gasteiger partial charge on any atom is -0.392 e. The molecular formula is C12H20N4O2S. The van der Waals surface area contributed by atoms with Crippen molar-refractivity contribution in [3.8, 4) is 0 Å². The summed E-state index contributed by atoms with van der Waals surface area (Å²) in [5.74, 6) is -0.00250. The van der Waals surface area contributed by atoms with Gasteiger partial charge in [0.15, 0.2) is 5.13 Å². The minimum absolute atomic E-state index is 0.00250. The number of aromatic nitrogens is 1. The lowest BCUT2D eigenvalue weighted by Gasteiger charge is -2.29. The molecule has 0 aliphatic carbocycles. The number of nitrogens with zero attached hydrogens (tertiary/aromatic N) is 2. The summed E-state index contributed by atoms with van der Waals surface area (Å²) in [5, 5.41) is 14.9. The van der Waals surface area contributed by atoms with Crippen LogP contribution in [-0.2, 0) is 11.2 Å². The van der Waals surface area contributed by atoms with Crippen molar-refractivity contribution < 1.29 is 9.90 Å². The SMILES string of the molecule is Nc1nc(CCNC(=O)CN2CCCC(O)C2)cs1. The van der Waals surface area contributed by atoms with Gasteiger partial charge in [0, 0.05) is 24.9 Å². The number of aliphatic hydroxyl groups is 1. The maximum atomic E-state index is 11.7. The lowest BCUT2D eigenvalue weighted by Crippen LogP contribution is -2.44. The number of piperidine rings is 1. The molecule has 1 fully saturated rings. The van der Waals surface area contributed by atoms with E-state index in [1.54, 1.807) is 0 Å². The first-order valence-electron chi connectivity index (χ1n) is 6.50. The number of thiazole rings is 1. The smallest absolute Gasteiger partial charge is 0.234 e. The van der Waals surface area contributed by atoms with E-state index in [9.17, 15) is 9.90 Å². The fourth-order valence-corrected chi connectivity index (χ4v) is 2.80. The van der Waals surface area contributed by atoms with Crippen molar-refractivity contribution in [2.24, 2.45) is 0 Å². The van der Waals surface area contributed by atoms with Gasteiger partial charge < -0.3 is 16.2 Å². The Labute approximate surface area is 116 Å². The molecule has 2 rings (SSSR count). The van der Waals surface area contributed by atoms with Gasteiger partial charge in [0.05, 0.1) is 18.3 Å². The number of nitrogens with two attached hydrogens (primary N) is 1. The van der Waals surface area contributed by atoms with E-state index in [4.69, 9.17) is 5.73 Å². The predicted octanol–water partition coefficient (Wildman–Crippen LogP) is -0.159. The number of hydrogen-bond acceptors (Lipinski definition) is 6. The van der Waals surface area contributed by atoms with Gasteiger partial charge in [-0.25, -0.2) is 4.98 Å². The average molecular weight is 284 g/mol. The maximum absolute atomic E-state index is 11.7. The summed E-state index contributed by atoms with van der Waals surface area (Å²) >= 11 is 1.41. The summed E-state index contributed by atoms with van der Waals surface area (Å²) in [6.07, 6.45) is 2.19. The number of nitrogens with one attached hydrogen (secondary N) is 1. The maximum Gasteiger partial charge on any atom is 0.234 e. The molecule has 0 saturated carbocycles. The van der Waals surface area contributed by atoms with Crippen LogP contribution in [0.1, 0.15) is 18.5 Å². The summed E-state index contributed by atoms with van der Waals surface area (Å²) < 4.78 is 0. The van der Waals surface area contributed by atoms with E-state index in [0.717, 1.165) is 25.1 Å². The molecule has 0 aromatic carbocycles. The van der Waals surface area contributed by atoms with Crippen LogP contribution in [0.2, 0.25) is 0 Å². The second kappa shape index (κ2) is 6.83. The quantitative estimate of drug-likeness (QED) is 0.699. The number of carbonyl (C=O) groups excluding carboxylic acids is 1. The van der Waals surface area contributed by atoms with Crippen LogP contribution in [0.5, 0.6) is 0 Å². The third kappa shape index (κ3) is 4.77. The molecule has 7 heteroatoms. The highest BCUT2D eigenvalue weighted by Crippen LogP contribution is 2.11. The molecule has 0 bridgehead atoms. The molecule has 4 N–H and O–H groups in total. The van der Waals surface area contributed by atoms with Crippen molar-refractivity contribution in [1.29, 1.82) is 0 Å². The first-order valence-corrected chi connectivity index (χ1v) is 7.38. The molecule has 2 heterocycles. The van der Waals surface area contributed by atoms with Gasteiger partial charge in [-0.1, -0.05) is 0 Å². The molecule has 1 saturated heterocycles. The number of β-amino-alcohol motifs (C(OH)–C–C–N with tert-alkyl or cyclic N) is 1. The van der Waals surface area contributed by atoms with E-state index in [1.165, 1.54) is 11.3 Å². The monoisotopic (exact) mass is 284 g/mol. The fourth-order valence-electron chi connectivity index (χ4n) is 2.20.